The van der Waals surface area contributed by atoms with Gasteiger partial charge >= 0.3 is 0 Å². The van der Waals surface area contributed by atoms with Crippen LogP contribution in [0, 0.1) is 0 Å². The Hall–Kier alpha value is -0.330. The lowest BCUT2D eigenvalue weighted by molar-refractivity contribution is 0.338. The standard InChI is InChI=1S/C7H9OPS/c1-2-8-7(10)6-4-3-5-9-6/h3-5,9H,2H2,1H3. The van der Waals surface area contributed by atoms with E-state index in [4.69, 9.17) is 17.0 Å². The Morgan fingerprint density at radius 3 is 3.10 bits per heavy atom. The van der Waals surface area contributed by atoms with Crippen LogP contribution in [0.15, 0.2) is 17.9 Å². The van der Waals surface area contributed by atoms with Gasteiger partial charge in [0.1, 0.15) is 0 Å². The van der Waals surface area contributed by atoms with Gasteiger partial charge in [-0.25, -0.2) is 0 Å². The molecule has 0 aromatic carbocycles. The van der Waals surface area contributed by atoms with Crippen LogP contribution in [-0.4, -0.2) is 11.7 Å². The van der Waals surface area contributed by atoms with E-state index in [2.05, 4.69) is 5.80 Å². The predicted octanol–water partition coefficient (Wildman–Crippen LogP) is 2.43. The summed E-state index contributed by atoms with van der Waals surface area (Å²) in [6.07, 6.45) is 0. The third kappa shape index (κ3) is 1.83. The van der Waals surface area contributed by atoms with Crippen LogP contribution in [0.3, 0.4) is 0 Å². The molecule has 0 N–H and O–H groups in total. The lowest BCUT2D eigenvalue weighted by atomic mass is 10.5. The average Bonchev–Trinajstić information content (AvgIpc) is 2.38. The molecule has 0 saturated heterocycles. The summed E-state index contributed by atoms with van der Waals surface area (Å²) in [7, 11) is 0.704. The molecule has 0 saturated carbocycles. The van der Waals surface area contributed by atoms with Crippen molar-refractivity contribution < 1.29 is 4.74 Å². The highest BCUT2D eigenvalue weighted by Crippen LogP contribution is 2.16. The second-order valence-electron chi connectivity index (χ2n) is 1.80. The van der Waals surface area contributed by atoms with Gasteiger partial charge in [-0.05, 0) is 31.0 Å². The molecule has 0 amide bonds. The predicted molar refractivity (Wildman–Crippen MR) is 49.3 cm³/mol. The van der Waals surface area contributed by atoms with E-state index in [0.29, 0.717) is 19.9 Å². The van der Waals surface area contributed by atoms with Crippen LogP contribution in [0.5, 0.6) is 0 Å². The molecule has 3 heteroatoms. The van der Waals surface area contributed by atoms with Crippen molar-refractivity contribution in [3.05, 3.63) is 23.2 Å². The summed E-state index contributed by atoms with van der Waals surface area (Å²) in [4.78, 5) is 0. The Balaban J connectivity index is 2.59. The van der Waals surface area contributed by atoms with Crippen LogP contribution in [0.1, 0.15) is 12.2 Å². The van der Waals surface area contributed by atoms with Crippen LogP contribution in [0.2, 0.25) is 0 Å². The fraction of sp³-hybridized carbons (Fsp3) is 0.286. The quantitative estimate of drug-likeness (QED) is 0.633. The largest absolute Gasteiger partial charge is 0.483 e. The van der Waals surface area contributed by atoms with Gasteiger partial charge in [0.2, 0.25) is 0 Å². The number of rotatable bonds is 2. The van der Waals surface area contributed by atoms with E-state index in [1.165, 1.54) is 0 Å². The van der Waals surface area contributed by atoms with E-state index in [9.17, 15) is 0 Å². The van der Waals surface area contributed by atoms with E-state index < -0.39 is 0 Å². The summed E-state index contributed by atoms with van der Waals surface area (Å²) >= 11 is 4.99. The molecule has 0 fully saturated rings. The SMILES string of the molecule is CCOC(=S)c1ccc[pH]1. The highest BCUT2D eigenvalue weighted by Gasteiger charge is 1.98. The van der Waals surface area contributed by atoms with Crippen molar-refractivity contribution in [2.75, 3.05) is 6.61 Å². The smallest absolute Gasteiger partial charge is 0.194 e. The summed E-state index contributed by atoms with van der Waals surface area (Å²) < 4.78 is 5.16. The van der Waals surface area contributed by atoms with Gasteiger partial charge in [0, 0.05) is 5.30 Å². The molecule has 54 valence electrons. The zero-order valence-corrected chi connectivity index (χ0v) is 7.57. The van der Waals surface area contributed by atoms with Crippen LogP contribution in [-0.2, 0) is 4.74 Å². The number of ether oxygens (including phenoxy) is 1. The summed E-state index contributed by atoms with van der Waals surface area (Å²) in [5, 5.41) is 1.81. The average molecular weight is 172 g/mol. The highest BCUT2D eigenvalue weighted by atomic mass is 32.1. The molecule has 1 aromatic rings. The van der Waals surface area contributed by atoms with Crippen LogP contribution >= 0.6 is 20.4 Å². The topological polar surface area (TPSA) is 9.23 Å². The van der Waals surface area contributed by atoms with E-state index in [1.54, 1.807) is 0 Å². The van der Waals surface area contributed by atoms with Gasteiger partial charge in [0.05, 0.1) is 6.61 Å². The van der Waals surface area contributed by atoms with Crippen LogP contribution in [0.25, 0.3) is 0 Å². The number of thiocarbonyl (C=S) groups is 1. The molecule has 1 aromatic heterocycles. The summed E-state index contributed by atoms with van der Waals surface area (Å²) in [6, 6.07) is 4.02. The molecule has 1 nitrogen and oxygen atoms in total. The first-order valence-electron chi connectivity index (χ1n) is 3.15. The van der Waals surface area contributed by atoms with Crippen molar-refractivity contribution in [2.24, 2.45) is 0 Å². The summed E-state index contributed by atoms with van der Waals surface area (Å²) in [5.74, 6) is 2.10. The maximum Gasteiger partial charge on any atom is 0.194 e. The Morgan fingerprint density at radius 2 is 2.60 bits per heavy atom. The second kappa shape index (κ2) is 3.75. The lowest BCUT2D eigenvalue weighted by Crippen LogP contribution is -1.99. The molecule has 0 aliphatic rings. The third-order valence-electron chi connectivity index (χ3n) is 1.09. The van der Waals surface area contributed by atoms with Gasteiger partial charge in [-0.2, -0.15) is 0 Å². The molecule has 1 heterocycles. The minimum atomic E-state index is 0.658. The molecule has 0 radical (unpaired) electrons. The number of hydrogen-bond donors (Lipinski definition) is 0. The van der Waals surface area contributed by atoms with Gasteiger partial charge in [0.15, 0.2) is 5.05 Å². The number of hydrogen-bond acceptors (Lipinski definition) is 2. The molecule has 1 rings (SSSR count). The van der Waals surface area contributed by atoms with Crippen molar-refractivity contribution in [1.82, 2.24) is 0 Å². The molecule has 1 atom stereocenters. The third-order valence-corrected chi connectivity index (χ3v) is 2.68. The summed E-state index contributed by atoms with van der Waals surface area (Å²) in [5.41, 5.74) is 0. The molecule has 10 heavy (non-hydrogen) atoms. The molecule has 1 unspecified atom stereocenters. The Labute approximate surface area is 67.5 Å². The molecule has 0 bridgehead atoms. The molecule has 0 aliphatic carbocycles. The van der Waals surface area contributed by atoms with Gasteiger partial charge in [-0.1, -0.05) is 6.07 Å². The zero-order valence-electron chi connectivity index (χ0n) is 5.76. The fourth-order valence-corrected chi connectivity index (χ4v) is 1.78. The maximum atomic E-state index is 5.16. The van der Waals surface area contributed by atoms with Gasteiger partial charge in [0.25, 0.3) is 0 Å². The van der Waals surface area contributed by atoms with Crippen molar-refractivity contribution in [1.29, 1.82) is 0 Å². The van der Waals surface area contributed by atoms with Gasteiger partial charge < -0.3 is 4.74 Å². The molecule has 0 aliphatic heterocycles. The summed E-state index contributed by atoms with van der Waals surface area (Å²) in [6.45, 7) is 2.61. The van der Waals surface area contributed by atoms with Crippen molar-refractivity contribution in [3.8, 4) is 0 Å². The first-order chi connectivity index (χ1) is 4.84. The van der Waals surface area contributed by atoms with E-state index in [0.717, 1.165) is 5.30 Å². The highest BCUT2D eigenvalue weighted by molar-refractivity contribution is 7.81. The Kier molecular flexibility index (Phi) is 2.91. The Bertz CT molecular complexity index is 205. The zero-order chi connectivity index (χ0) is 7.40. The van der Waals surface area contributed by atoms with Crippen LogP contribution < -0.4 is 0 Å². The first kappa shape index (κ1) is 7.77. The van der Waals surface area contributed by atoms with E-state index in [1.807, 2.05) is 19.1 Å². The fourth-order valence-electron chi connectivity index (χ4n) is 0.666. The van der Waals surface area contributed by atoms with E-state index in [-0.39, 0.29) is 0 Å². The van der Waals surface area contributed by atoms with Crippen LogP contribution in [0.4, 0.5) is 0 Å². The monoisotopic (exact) mass is 172 g/mol. The maximum absolute atomic E-state index is 5.16. The van der Waals surface area contributed by atoms with Gasteiger partial charge in [-0.15, -0.1) is 8.19 Å². The normalized spacial score (nSPS) is 10.1. The second-order valence-corrected chi connectivity index (χ2v) is 3.34. The van der Waals surface area contributed by atoms with E-state index >= 15 is 0 Å². The minimum Gasteiger partial charge on any atom is -0.483 e. The minimum absolute atomic E-state index is 0.658. The van der Waals surface area contributed by atoms with Crippen molar-refractivity contribution in [3.63, 3.8) is 0 Å². The lowest BCUT2D eigenvalue weighted by Gasteiger charge is -2.00. The molecule has 0 spiro atoms. The molecular formula is C7H9OPS. The van der Waals surface area contributed by atoms with Gasteiger partial charge in [-0.3, -0.25) is 0 Å². The Morgan fingerprint density at radius 1 is 1.80 bits per heavy atom. The molecular weight excluding hydrogens is 163 g/mol. The first-order valence-corrected chi connectivity index (χ1v) is 4.63. The van der Waals surface area contributed by atoms with Crippen molar-refractivity contribution >= 4 is 25.5 Å². The van der Waals surface area contributed by atoms with Crippen molar-refractivity contribution in [2.45, 2.75) is 6.92 Å².